The van der Waals surface area contributed by atoms with Crippen LogP contribution in [0.15, 0.2) is 36.4 Å². The number of nitrogens with zero attached hydrogens (tertiary/aromatic N) is 2. The smallest absolute Gasteiger partial charge is 0.295 e. The fourth-order valence-corrected chi connectivity index (χ4v) is 6.02. The van der Waals surface area contributed by atoms with Gasteiger partial charge in [-0.25, -0.2) is 0 Å². The molecule has 4 rings (SSSR count). The van der Waals surface area contributed by atoms with Gasteiger partial charge in [0.25, 0.3) is 11.8 Å². The third-order valence-electron chi connectivity index (χ3n) is 7.19. The average Bonchev–Trinajstić information content (AvgIpc) is 3.26. The largest absolute Gasteiger partial charge is 0.496 e. The van der Waals surface area contributed by atoms with Crippen LogP contribution in [0.1, 0.15) is 23.1 Å². The number of methoxy groups -OCH3 is 1. The Bertz CT molecular complexity index is 1140. The number of likely N-dealkylation sites (tertiary alicyclic amines) is 1. The Morgan fingerprint density at radius 2 is 2.03 bits per heavy atom. The molecule has 8 nitrogen and oxygen atoms in total. The lowest BCUT2D eigenvalue weighted by atomic mass is 9.78. The van der Waals surface area contributed by atoms with Gasteiger partial charge in [0.1, 0.15) is 18.4 Å². The summed E-state index contributed by atoms with van der Waals surface area (Å²) in [5.74, 6) is 0.0163. The molecule has 0 spiro atoms. The number of fused-ring (bicyclic) bond motifs is 1. The van der Waals surface area contributed by atoms with Crippen LogP contribution in [0.5, 0.6) is 5.75 Å². The molecule has 0 saturated carbocycles. The number of hydrogen-bond donors (Lipinski definition) is 3. The van der Waals surface area contributed by atoms with E-state index in [1.165, 1.54) is 0 Å². The molecule has 2 unspecified atom stereocenters. The number of carbonyl (C=O) groups excluding carboxylic acids is 2. The van der Waals surface area contributed by atoms with Gasteiger partial charge in [-0.05, 0) is 50.0 Å². The molecule has 4 atom stereocenters. The van der Waals surface area contributed by atoms with Gasteiger partial charge < -0.3 is 25.4 Å². The van der Waals surface area contributed by atoms with E-state index in [0.29, 0.717) is 34.1 Å². The van der Waals surface area contributed by atoms with Crippen LogP contribution in [-0.4, -0.2) is 80.3 Å². The molecule has 2 heterocycles. The number of benzene rings is 2. The number of amides is 2. The maximum absolute atomic E-state index is 14.2. The highest BCUT2D eigenvalue weighted by molar-refractivity contribution is 6.31. The molecule has 2 aromatic carbocycles. The van der Waals surface area contributed by atoms with E-state index < -0.39 is 17.7 Å². The molecule has 2 aromatic rings. The maximum atomic E-state index is 14.2. The van der Waals surface area contributed by atoms with Crippen molar-refractivity contribution in [3.8, 4) is 5.75 Å². The second-order valence-electron chi connectivity index (χ2n) is 9.60. The first-order valence-corrected chi connectivity index (χ1v) is 11.6. The molecule has 182 valence electrons. The lowest BCUT2D eigenvalue weighted by Crippen LogP contribution is -2.68. The number of carbonyl (C=O) groups is 2. The van der Waals surface area contributed by atoms with Crippen LogP contribution in [0.4, 0.5) is 5.69 Å². The van der Waals surface area contributed by atoms with Crippen molar-refractivity contribution in [2.45, 2.75) is 30.7 Å². The molecular weight excluding hydrogens is 456 g/mol. The first kappa shape index (κ1) is 24.5. The van der Waals surface area contributed by atoms with Gasteiger partial charge in [-0.3, -0.25) is 14.1 Å². The van der Waals surface area contributed by atoms with Gasteiger partial charge >= 0.3 is 0 Å². The van der Waals surface area contributed by atoms with Crippen LogP contribution in [0.25, 0.3) is 0 Å². The monoisotopic (exact) mass is 487 g/mol. The summed E-state index contributed by atoms with van der Waals surface area (Å²) in [6.45, 7) is 0.862. The zero-order valence-corrected chi connectivity index (χ0v) is 20.9. The van der Waals surface area contributed by atoms with E-state index in [4.69, 9.17) is 16.3 Å². The highest BCUT2D eigenvalue weighted by Gasteiger charge is 2.68. The molecule has 0 aromatic heterocycles. The summed E-state index contributed by atoms with van der Waals surface area (Å²) < 4.78 is 5.74. The molecule has 9 heteroatoms. The number of nitrogens with one attached hydrogen (secondary N) is 2. The Balaban J connectivity index is 2.10. The second kappa shape index (κ2) is 8.85. The van der Waals surface area contributed by atoms with Gasteiger partial charge in [0, 0.05) is 25.0 Å². The van der Waals surface area contributed by atoms with Crippen molar-refractivity contribution >= 4 is 29.1 Å². The van der Waals surface area contributed by atoms with Gasteiger partial charge in [-0.2, -0.15) is 0 Å². The number of anilines is 1. The normalized spacial score (nSPS) is 28.1. The van der Waals surface area contributed by atoms with E-state index in [2.05, 4.69) is 10.6 Å². The van der Waals surface area contributed by atoms with Crippen molar-refractivity contribution < 1.29 is 23.9 Å². The summed E-state index contributed by atoms with van der Waals surface area (Å²) in [7, 11) is 8.96. The number of hydrogen-bond acceptors (Lipinski definition) is 5. The summed E-state index contributed by atoms with van der Waals surface area (Å²) in [5, 5.41) is 17.0. The van der Waals surface area contributed by atoms with Crippen molar-refractivity contribution in [3.05, 3.63) is 58.1 Å². The number of ether oxygens (including phenoxy) is 1. The lowest BCUT2D eigenvalue weighted by Gasteiger charge is -2.48. The zero-order chi connectivity index (χ0) is 24.8. The molecule has 0 aliphatic carbocycles. The molecule has 2 amide bonds. The first-order chi connectivity index (χ1) is 16.1. The fourth-order valence-electron chi connectivity index (χ4n) is 5.84. The second-order valence-corrected chi connectivity index (χ2v) is 10.0. The van der Waals surface area contributed by atoms with Crippen LogP contribution >= 0.6 is 11.6 Å². The number of quaternary nitrogens is 1. The zero-order valence-electron chi connectivity index (χ0n) is 20.2. The molecule has 2 aliphatic rings. The summed E-state index contributed by atoms with van der Waals surface area (Å²) in [6, 6.07) is 10.4. The minimum atomic E-state index is -1.37. The number of aliphatic hydroxyl groups is 1. The van der Waals surface area contributed by atoms with E-state index in [0.717, 1.165) is 5.56 Å². The molecular formula is C25H32ClN4O4+. The number of halogens is 1. The number of likely N-dealkylation sites (N-methyl/N-ethyl adjacent to an activating group) is 2. The van der Waals surface area contributed by atoms with Crippen LogP contribution in [-0.2, 0) is 21.7 Å². The van der Waals surface area contributed by atoms with E-state index in [1.54, 1.807) is 32.4 Å². The molecule has 0 bridgehead atoms. The molecule has 34 heavy (non-hydrogen) atoms. The molecule has 1 fully saturated rings. The van der Waals surface area contributed by atoms with E-state index in [-0.39, 0.29) is 29.3 Å². The van der Waals surface area contributed by atoms with E-state index >= 15 is 0 Å². The van der Waals surface area contributed by atoms with Crippen molar-refractivity contribution in [2.24, 2.45) is 0 Å². The summed E-state index contributed by atoms with van der Waals surface area (Å²) >= 11 is 6.45. The third-order valence-corrected chi connectivity index (χ3v) is 7.42. The van der Waals surface area contributed by atoms with Crippen molar-refractivity contribution in [1.29, 1.82) is 0 Å². The first-order valence-electron chi connectivity index (χ1n) is 11.3. The summed E-state index contributed by atoms with van der Waals surface area (Å²) in [6.07, 6.45) is -0.517. The van der Waals surface area contributed by atoms with Gasteiger partial charge in [-0.1, -0.05) is 17.7 Å². The van der Waals surface area contributed by atoms with Crippen molar-refractivity contribution in [3.63, 3.8) is 0 Å². The summed E-state index contributed by atoms with van der Waals surface area (Å²) in [4.78, 5) is 29.3. The number of aliphatic hydroxyl groups excluding tert-OH is 1. The Labute approximate surface area is 205 Å². The van der Waals surface area contributed by atoms with Crippen molar-refractivity contribution in [1.82, 2.24) is 10.2 Å². The van der Waals surface area contributed by atoms with Crippen LogP contribution in [0.3, 0.4) is 0 Å². The van der Waals surface area contributed by atoms with Crippen LogP contribution < -0.4 is 15.4 Å². The quantitative estimate of drug-likeness (QED) is 0.542. The van der Waals surface area contributed by atoms with Gasteiger partial charge in [0.05, 0.1) is 31.0 Å². The Morgan fingerprint density at radius 1 is 1.29 bits per heavy atom. The third kappa shape index (κ3) is 3.56. The van der Waals surface area contributed by atoms with Gasteiger partial charge in [-0.15, -0.1) is 0 Å². The maximum Gasteiger partial charge on any atom is 0.295 e. The summed E-state index contributed by atoms with van der Waals surface area (Å²) in [5.41, 5.74) is 1.55. The Kier molecular flexibility index (Phi) is 6.37. The Morgan fingerprint density at radius 3 is 2.68 bits per heavy atom. The Hall–Kier alpha value is -2.65. The highest BCUT2D eigenvalue weighted by Crippen LogP contribution is 2.55. The molecule has 1 saturated heterocycles. The number of rotatable bonds is 6. The minimum absolute atomic E-state index is 0.0468. The SMILES string of the molecule is CNC(=O)[C@@H]1C[C@@H](O)C[N+]1(C)C1(c2cc(CN(C)C)ccc2OC)C(=O)Nc2ccc(Cl)cc21. The average molecular weight is 488 g/mol. The topological polar surface area (TPSA) is 90.9 Å². The minimum Gasteiger partial charge on any atom is -0.496 e. The molecule has 0 radical (unpaired) electrons. The van der Waals surface area contributed by atoms with Crippen molar-refractivity contribution in [2.75, 3.05) is 47.2 Å². The molecule has 2 aliphatic heterocycles. The lowest BCUT2D eigenvalue weighted by molar-refractivity contribution is -0.953. The standard InChI is InChI=1S/C25H31ClN4O4/c1-27-23(32)21-12-17(31)14-30(21,4)25(18-11-16(26)7-8-20(18)28-24(25)33)19-10-15(13-29(2)3)6-9-22(19)34-5/h6-11,17,21,31H,12-14H2,1-5H3,(H-,27,28,32,33)/p+1/t17-,21+,25?,30?/m1/s1. The van der Waals surface area contributed by atoms with E-state index in [9.17, 15) is 14.7 Å². The van der Waals surface area contributed by atoms with Crippen LogP contribution in [0, 0.1) is 0 Å². The predicted molar refractivity (Wildman–Crippen MR) is 131 cm³/mol. The van der Waals surface area contributed by atoms with Crippen LogP contribution in [0.2, 0.25) is 5.02 Å². The van der Waals surface area contributed by atoms with E-state index in [1.807, 2.05) is 44.2 Å². The molecule has 3 N–H and O–H groups in total. The van der Waals surface area contributed by atoms with Gasteiger partial charge in [0.2, 0.25) is 5.54 Å². The van der Waals surface area contributed by atoms with Gasteiger partial charge in [0.15, 0.2) is 6.04 Å². The predicted octanol–water partition coefficient (Wildman–Crippen LogP) is 1.93. The highest BCUT2D eigenvalue weighted by atomic mass is 35.5. The fraction of sp³-hybridized carbons (Fsp3) is 0.440.